The standard InChI is InChI=1S/C19H20FNO2/c1-21(2)13-14-23-18-10-6-16(7-11-18)19(22)12-5-15-3-8-17(20)9-4-15/h3-12H,13-14H2,1-2H3/b12-5+. The van der Waals surface area contributed by atoms with Crippen molar-refractivity contribution in [2.24, 2.45) is 0 Å². The van der Waals surface area contributed by atoms with Gasteiger partial charge in [0, 0.05) is 12.1 Å². The molecular formula is C19H20FNO2. The highest BCUT2D eigenvalue weighted by Gasteiger charge is 2.02. The number of allylic oxidation sites excluding steroid dienone is 1. The Hall–Kier alpha value is -2.46. The fourth-order valence-electron chi connectivity index (χ4n) is 1.90. The number of carbonyl (C=O) groups excluding carboxylic acids is 1. The van der Waals surface area contributed by atoms with Gasteiger partial charge in [-0.1, -0.05) is 18.2 Å². The Kier molecular flexibility index (Phi) is 6.06. The van der Waals surface area contributed by atoms with Crippen LogP contribution in [0.1, 0.15) is 15.9 Å². The molecule has 0 atom stereocenters. The molecule has 0 aliphatic carbocycles. The Morgan fingerprint density at radius 2 is 1.74 bits per heavy atom. The molecule has 0 radical (unpaired) electrons. The van der Waals surface area contributed by atoms with Crippen LogP contribution in [-0.2, 0) is 0 Å². The van der Waals surface area contributed by atoms with Crippen LogP contribution >= 0.6 is 0 Å². The lowest BCUT2D eigenvalue weighted by atomic mass is 10.1. The number of benzene rings is 2. The summed E-state index contributed by atoms with van der Waals surface area (Å²) in [5.41, 5.74) is 1.37. The fraction of sp³-hybridized carbons (Fsp3) is 0.211. The summed E-state index contributed by atoms with van der Waals surface area (Å²) in [6, 6.07) is 13.0. The summed E-state index contributed by atoms with van der Waals surface area (Å²) in [6.07, 6.45) is 3.15. The third-order valence-corrected chi connectivity index (χ3v) is 3.24. The molecule has 0 aliphatic rings. The number of nitrogens with zero attached hydrogens (tertiary/aromatic N) is 1. The maximum Gasteiger partial charge on any atom is 0.185 e. The monoisotopic (exact) mass is 313 g/mol. The number of rotatable bonds is 7. The van der Waals surface area contributed by atoms with Crippen LogP contribution in [0, 0.1) is 5.82 Å². The van der Waals surface area contributed by atoms with Gasteiger partial charge in [-0.2, -0.15) is 0 Å². The largest absolute Gasteiger partial charge is 0.492 e. The second-order valence-corrected chi connectivity index (χ2v) is 5.43. The highest BCUT2D eigenvalue weighted by Crippen LogP contribution is 2.13. The second kappa shape index (κ2) is 8.25. The van der Waals surface area contributed by atoms with Gasteiger partial charge in [0.2, 0.25) is 0 Å². The highest BCUT2D eigenvalue weighted by molar-refractivity contribution is 6.06. The quantitative estimate of drug-likeness (QED) is 0.577. The van der Waals surface area contributed by atoms with Crippen molar-refractivity contribution in [3.05, 3.63) is 71.6 Å². The molecule has 4 heteroatoms. The smallest absolute Gasteiger partial charge is 0.185 e. The van der Waals surface area contributed by atoms with Crippen LogP contribution in [0.25, 0.3) is 6.08 Å². The molecule has 0 saturated heterocycles. The van der Waals surface area contributed by atoms with Gasteiger partial charge in [-0.15, -0.1) is 0 Å². The first kappa shape index (κ1) is 16.9. The minimum absolute atomic E-state index is 0.103. The molecular weight excluding hydrogens is 293 g/mol. The minimum Gasteiger partial charge on any atom is -0.492 e. The van der Waals surface area contributed by atoms with E-state index in [0.717, 1.165) is 17.9 Å². The Bertz CT molecular complexity index is 661. The summed E-state index contributed by atoms with van der Waals surface area (Å²) < 4.78 is 18.4. The lowest BCUT2D eigenvalue weighted by Crippen LogP contribution is -2.19. The Morgan fingerprint density at radius 3 is 2.35 bits per heavy atom. The Labute approximate surface area is 136 Å². The number of likely N-dealkylation sites (N-methyl/N-ethyl adjacent to an activating group) is 1. The zero-order valence-electron chi connectivity index (χ0n) is 13.3. The van der Waals surface area contributed by atoms with Crippen molar-refractivity contribution in [2.75, 3.05) is 27.2 Å². The molecule has 0 unspecified atom stereocenters. The highest BCUT2D eigenvalue weighted by atomic mass is 19.1. The molecule has 0 fully saturated rings. The van der Waals surface area contributed by atoms with Gasteiger partial charge in [0.25, 0.3) is 0 Å². The van der Waals surface area contributed by atoms with E-state index in [2.05, 4.69) is 0 Å². The van der Waals surface area contributed by atoms with Crippen LogP contribution in [0.4, 0.5) is 4.39 Å². The molecule has 0 bridgehead atoms. The van der Waals surface area contributed by atoms with Gasteiger partial charge in [0.05, 0.1) is 0 Å². The van der Waals surface area contributed by atoms with Crippen molar-refractivity contribution in [3.8, 4) is 5.75 Å². The lowest BCUT2D eigenvalue weighted by Gasteiger charge is -2.10. The van der Waals surface area contributed by atoms with Gasteiger partial charge in [-0.3, -0.25) is 4.79 Å². The third-order valence-electron chi connectivity index (χ3n) is 3.24. The number of ether oxygens (including phenoxy) is 1. The molecule has 2 rings (SSSR count). The van der Waals surface area contributed by atoms with Crippen LogP contribution in [0.5, 0.6) is 5.75 Å². The summed E-state index contributed by atoms with van der Waals surface area (Å²) in [5.74, 6) is 0.346. The third kappa shape index (κ3) is 5.68. The average molecular weight is 313 g/mol. The molecule has 0 aromatic heterocycles. The van der Waals surface area contributed by atoms with Gasteiger partial charge in [0.1, 0.15) is 18.2 Å². The van der Waals surface area contributed by atoms with E-state index >= 15 is 0 Å². The van der Waals surface area contributed by atoms with Crippen LogP contribution in [0.2, 0.25) is 0 Å². The topological polar surface area (TPSA) is 29.5 Å². The Morgan fingerprint density at radius 1 is 1.09 bits per heavy atom. The summed E-state index contributed by atoms with van der Waals surface area (Å²) in [4.78, 5) is 14.1. The number of ketones is 1. The molecule has 120 valence electrons. The predicted molar refractivity (Wildman–Crippen MR) is 90.3 cm³/mol. The maximum atomic E-state index is 12.8. The number of hydrogen-bond acceptors (Lipinski definition) is 3. The van der Waals surface area contributed by atoms with Crippen molar-refractivity contribution in [1.29, 1.82) is 0 Å². The van der Waals surface area contributed by atoms with E-state index in [4.69, 9.17) is 4.74 Å². The molecule has 0 aliphatic heterocycles. The molecule has 3 nitrogen and oxygen atoms in total. The molecule has 2 aromatic carbocycles. The van der Waals surface area contributed by atoms with E-state index in [-0.39, 0.29) is 11.6 Å². The van der Waals surface area contributed by atoms with Gasteiger partial charge in [-0.25, -0.2) is 4.39 Å². The van der Waals surface area contributed by atoms with Crippen molar-refractivity contribution in [2.45, 2.75) is 0 Å². The van der Waals surface area contributed by atoms with Gasteiger partial charge < -0.3 is 9.64 Å². The number of carbonyl (C=O) groups is 1. The summed E-state index contributed by atoms with van der Waals surface area (Å²) >= 11 is 0. The van der Waals surface area contributed by atoms with E-state index < -0.39 is 0 Å². The first-order valence-corrected chi connectivity index (χ1v) is 7.40. The van der Waals surface area contributed by atoms with Crippen molar-refractivity contribution < 1.29 is 13.9 Å². The SMILES string of the molecule is CN(C)CCOc1ccc(C(=O)/C=C/c2ccc(F)cc2)cc1. The average Bonchev–Trinajstić information content (AvgIpc) is 2.54. The molecule has 23 heavy (non-hydrogen) atoms. The van der Waals surface area contributed by atoms with Crippen molar-refractivity contribution >= 4 is 11.9 Å². The van der Waals surface area contributed by atoms with Gasteiger partial charge >= 0.3 is 0 Å². The van der Waals surface area contributed by atoms with Gasteiger partial charge in [0.15, 0.2) is 5.78 Å². The van der Waals surface area contributed by atoms with Crippen molar-refractivity contribution in [3.63, 3.8) is 0 Å². The fourth-order valence-corrected chi connectivity index (χ4v) is 1.90. The van der Waals surface area contributed by atoms with E-state index in [1.54, 1.807) is 42.5 Å². The van der Waals surface area contributed by atoms with E-state index in [1.165, 1.54) is 18.2 Å². The Balaban J connectivity index is 1.93. The minimum atomic E-state index is -0.293. The lowest BCUT2D eigenvalue weighted by molar-refractivity contribution is 0.104. The van der Waals surface area contributed by atoms with Crippen LogP contribution in [0.15, 0.2) is 54.6 Å². The summed E-state index contributed by atoms with van der Waals surface area (Å²) in [7, 11) is 3.97. The number of halogens is 1. The zero-order chi connectivity index (χ0) is 16.7. The first-order valence-electron chi connectivity index (χ1n) is 7.40. The zero-order valence-corrected chi connectivity index (χ0v) is 13.3. The van der Waals surface area contributed by atoms with Crippen LogP contribution in [-0.4, -0.2) is 37.9 Å². The normalized spacial score (nSPS) is 11.1. The molecule has 0 spiro atoms. The maximum absolute atomic E-state index is 12.8. The van der Waals surface area contributed by atoms with Crippen LogP contribution in [0.3, 0.4) is 0 Å². The predicted octanol–water partition coefficient (Wildman–Crippen LogP) is 3.66. The molecule has 0 heterocycles. The molecule has 0 N–H and O–H groups in total. The van der Waals surface area contributed by atoms with E-state index in [1.807, 2.05) is 19.0 Å². The first-order chi connectivity index (χ1) is 11.0. The van der Waals surface area contributed by atoms with Crippen molar-refractivity contribution in [1.82, 2.24) is 4.90 Å². The number of hydrogen-bond donors (Lipinski definition) is 0. The summed E-state index contributed by atoms with van der Waals surface area (Å²) in [5, 5.41) is 0. The molecule has 0 amide bonds. The van der Waals surface area contributed by atoms with E-state index in [0.29, 0.717) is 12.2 Å². The van der Waals surface area contributed by atoms with Crippen LogP contribution < -0.4 is 4.74 Å². The molecule has 2 aromatic rings. The second-order valence-electron chi connectivity index (χ2n) is 5.43. The summed E-state index contributed by atoms with van der Waals surface area (Å²) in [6.45, 7) is 1.44. The molecule has 0 saturated carbocycles. The van der Waals surface area contributed by atoms with E-state index in [9.17, 15) is 9.18 Å². The van der Waals surface area contributed by atoms with Gasteiger partial charge in [-0.05, 0) is 62.1 Å².